The van der Waals surface area contributed by atoms with Gasteiger partial charge in [0.15, 0.2) is 6.61 Å². The summed E-state index contributed by atoms with van der Waals surface area (Å²) in [6.07, 6.45) is 0. The number of hydrogen-bond acceptors (Lipinski definition) is 6. The molecule has 0 saturated heterocycles. The molecule has 0 spiro atoms. The van der Waals surface area contributed by atoms with E-state index >= 15 is 0 Å². The lowest BCUT2D eigenvalue weighted by molar-refractivity contribution is -0.152. The summed E-state index contributed by atoms with van der Waals surface area (Å²) < 4.78 is 12.4. The molecule has 8 nitrogen and oxygen atoms in total. The first kappa shape index (κ1) is 27.8. The first-order valence-corrected chi connectivity index (χ1v) is 13.6. The van der Waals surface area contributed by atoms with E-state index in [-0.39, 0.29) is 11.1 Å². The van der Waals surface area contributed by atoms with Gasteiger partial charge in [-0.05, 0) is 101 Å². The summed E-state index contributed by atoms with van der Waals surface area (Å²) in [6, 6.07) is 5.50. The Morgan fingerprint density at radius 1 is 0.914 bits per heavy atom. The molecule has 1 aliphatic rings. The fourth-order valence-electron chi connectivity index (χ4n) is 3.52. The molecule has 0 aliphatic carbocycles. The van der Waals surface area contributed by atoms with Crippen molar-refractivity contribution in [1.82, 2.24) is 4.90 Å². The molecule has 1 heterocycles. The first-order chi connectivity index (χ1) is 16.5. The summed E-state index contributed by atoms with van der Waals surface area (Å²) >= 11 is 13.5. The van der Waals surface area contributed by atoms with Crippen molar-refractivity contribution in [2.75, 3.05) is 18.5 Å². The molecule has 0 aromatic heterocycles. The predicted molar refractivity (Wildman–Crippen MR) is 144 cm³/mol. The molecule has 0 fully saturated rings. The number of amides is 3. The van der Waals surface area contributed by atoms with Crippen LogP contribution in [0.15, 0.2) is 42.2 Å². The lowest BCUT2D eigenvalue weighted by atomic mass is 10.0. The molecular formula is C23H20Br4N2O6. The summed E-state index contributed by atoms with van der Waals surface area (Å²) in [5, 5.41) is 2.62. The van der Waals surface area contributed by atoms with Crippen LogP contribution in [0.2, 0.25) is 0 Å². The average Bonchev–Trinajstić information content (AvgIpc) is 3.06. The lowest BCUT2D eigenvalue weighted by Crippen LogP contribution is -2.49. The van der Waals surface area contributed by atoms with Crippen molar-refractivity contribution in [3.05, 3.63) is 53.3 Å². The lowest BCUT2D eigenvalue weighted by Gasteiger charge is -2.27. The van der Waals surface area contributed by atoms with Crippen molar-refractivity contribution in [1.29, 1.82) is 0 Å². The second-order valence-electron chi connectivity index (χ2n) is 7.79. The Kier molecular flexibility index (Phi) is 9.16. The summed E-state index contributed by atoms with van der Waals surface area (Å²) in [5.41, 5.74) is 0.758. The minimum Gasteiger partial charge on any atom is -0.494 e. The first-order valence-electron chi connectivity index (χ1n) is 10.4. The smallest absolute Gasteiger partial charge is 0.330 e. The van der Waals surface area contributed by atoms with Gasteiger partial charge in [-0.15, -0.1) is 0 Å². The van der Waals surface area contributed by atoms with E-state index in [0.717, 1.165) is 4.90 Å². The van der Waals surface area contributed by atoms with Crippen LogP contribution in [0.1, 0.15) is 41.5 Å². The Hall–Kier alpha value is -1.76. The van der Waals surface area contributed by atoms with Crippen LogP contribution < -0.4 is 10.1 Å². The number of hydrogen-bond donors (Lipinski definition) is 1. The predicted octanol–water partition coefficient (Wildman–Crippen LogP) is 5.94. The van der Waals surface area contributed by atoms with E-state index < -0.39 is 42.3 Å². The third kappa shape index (κ3) is 5.65. The molecule has 3 amide bonds. The van der Waals surface area contributed by atoms with Gasteiger partial charge in [0.05, 0.1) is 17.7 Å². The second kappa shape index (κ2) is 11.5. The highest BCUT2D eigenvalue weighted by Crippen LogP contribution is 2.46. The van der Waals surface area contributed by atoms with Crippen LogP contribution in [-0.2, 0) is 14.3 Å². The zero-order valence-corrected chi connectivity index (χ0v) is 25.1. The summed E-state index contributed by atoms with van der Waals surface area (Å²) in [4.78, 5) is 52.7. The van der Waals surface area contributed by atoms with E-state index in [1.165, 1.54) is 0 Å². The molecule has 1 atom stereocenters. The number of carbonyl (C=O) groups is 4. The Balaban J connectivity index is 1.75. The van der Waals surface area contributed by atoms with Crippen LogP contribution in [0.3, 0.4) is 0 Å². The molecule has 0 unspecified atom stereocenters. The zero-order valence-electron chi connectivity index (χ0n) is 18.8. The topological polar surface area (TPSA) is 102 Å². The molecule has 0 saturated carbocycles. The number of ether oxygens (including phenoxy) is 2. The van der Waals surface area contributed by atoms with Crippen molar-refractivity contribution < 1.29 is 28.7 Å². The van der Waals surface area contributed by atoms with E-state index in [4.69, 9.17) is 9.47 Å². The summed E-state index contributed by atoms with van der Waals surface area (Å²) in [5.74, 6) is -2.51. The van der Waals surface area contributed by atoms with Crippen molar-refractivity contribution in [2.24, 2.45) is 5.92 Å². The van der Waals surface area contributed by atoms with Crippen LogP contribution in [-0.4, -0.2) is 47.8 Å². The number of esters is 1. The van der Waals surface area contributed by atoms with Crippen LogP contribution in [0.5, 0.6) is 5.75 Å². The molecule has 2 aromatic rings. The maximum Gasteiger partial charge on any atom is 0.330 e. The quantitative estimate of drug-likeness (QED) is 0.156. The molecular weight excluding hydrogens is 720 g/mol. The summed E-state index contributed by atoms with van der Waals surface area (Å²) in [7, 11) is 0. The van der Waals surface area contributed by atoms with Crippen LogP contribution in [0, 0.1) is 5.92 Å². The highest BCUT2D eigenvalue weighted by atomic mass is 79.9. The number of carbonyl (C=O) groups excluding carboxylic acids is 4. The SMILES string of the molecule is CCOc1ccc(NC(=O)COC(=O)[C@H](C(C)C)N2C(=O)c3c(Br)c(Br)c(Br)c(Br)c3C2=O)cc1. The van der Waals surface area contributed by atoms with Gasteiger partial charge in [-0.2, -0.15) is 0 Å². The van der Waals surface area contributed by atoms with Crippen LogP contribution in [0.4, 0.5) is 5.69 Å². The number of anilines is 1. The number of rotatable bonds is 8. The molecule has 1 N–H and O–H groups in total. The number of fused-ring (bicyclic) bond motifs is 1. The monoisotopic (exact) mass is 736 g/mol. The number of nitrogens with zero attached hydrogens (tertiary/aromatic N) is 1. The fraction of sp³-hybridized carbons (Fsp3) is 0.304. The largest absolute Gasteiger partial charge is 0.494 e. The van der Waals surface area contributed by atoms with Gasteiger partial charge in [0.2, 0.25) is 0 Å². The molecule has 35 heavy (non-hydrogen) atoms. The average molecular weight is 740 g/mol. The minimum absolute atomic E-state index is 0.128. The Morgan fingerprint density at radius 3 is 1.89 bits per heavy atom. The standard InChI is InChI=1S/C23H20Br4N2O6/c1-4-34-12-7-5-11(6-8-12)28-13(30)9-35-23(33)20(10(2)3)29-21(31)14-15(22(29)32)17(25)19(27)18(26)16(14)24/h5-8,10,20H,4,9H2,1-3H3,(H,28,30)/t20-/m0/s1. The third-order valence-electron chi connectivity index (χ3n) is 5.08. The van der Waals surface area contributed by atoms with Gasteiger partial charge in [0.1, 0.15) is 11.8 Å². The normalized spacial score (nSPS) is 13.7. The van der Waals surface area contributed by atoms with E-state index in [2.05, 4.69) is 69.0 Å². The van der Waals surface area contributed by atoms with Crippen molar-refractivity contribution in [2.45, 2.75) is 26.8 Å². The van der Waals surface area contributed by atoms with Gasteiger partial charge in [-0.3, -0.25) is 19.3 Å². The van der Waals surface area contributed by atoms with Crippen LogP contribution in [0.25, 0.3) is 0 Å². The molecule has 1 aliphatic heterocycles. The van der Waals surface area contributed by atoms with Crippen molar-refractivity contribution >= 4 is 93.1 Å². The van der Waals surface area contributed by atoms with Gasteiger partial charge in [0, 0.05) is 23.6 Å². The molecule has 3 rings (SSSR count). The molecule has 12 heteroatoms. The molecule has 0 radical (unpaired) electrons. The second-order valence-corrected chi connectivity index (χ2v) is 11.0. The number of nitrogens with one attached hydrogen (secondary N) is 1. The third-order valence-corrected chi connectivity index (χ3v) is 9.85. The fourth-order valence-corrected chi connectivity index (χ4v) is 5.97. The van der Waals surface area contributed by atoms with E-state index in [0.29, 0.717) is 35.9 Å². The van der Waals surface area contributed by atoms with Gasteiger partial charge < -0.3 is 14.8 Å². The van der Waals surface area contributed by atoms with E-state index in [1.54, 1.807) is 38.1 Å². The summed E-state index contributed by atoms with van der Waals surface area (Å²) in [6.45, 7) is 5.18. The molecule has 2 aromatic carbocycles. The number of imide groups is 1. The number of benzene rings is 2. The van der Waals surface area contributed by atoms with Crippen molar-refractivity contribution in [3.63, 3.8) is 0 Å². The van der Waals surface area contributed by atoms with E-state index in [1.807, 2.05) is 6.92 Å². The maximum absolute atomic E-state index is 13.3. The number of halogens is 4. The Labute approximate surface area is 235 Å². The van der Waals surface area contributed by atoms with E-state index in [9.17, 15) is 19.2 Å². The van der Waals surface area contributed by atoms with Gasteiger partial charge in [0.25, 0.3) is 17.7 Å². The molecule has 186 valence electrons. The van der Waals surface area contributed by atoms with Crippen molar-refractivity contribution in [3.8, 4) is 5.75 Å². The maximum atomic E-state index is 13.3. The van der Waals surface area contributed by atoms with Gasteiger partial charge in [-0.25, -0.2) is 4.79 Å². The highest BCUT2D eigenvalue weighted by Gasteiger charge is 2.47. The minimum atomic E-state index is -1.22. The Morgan fingerprint density at radius 2 is 1.43 bits per heavy atom. The van der Waals surface area contributed by atoms with Gasteiger partial charge in [-0.1, -0.05) is 13.8 Å². The Bertz CT molecular complexity index is 1150. The highest BCUT2D eigenvalue weighted by molar-refractivity contribution is 9.15. The zero-order chi connectivity index (χ0) is 26.0. The van der Waals surface area contributed by atoms with Crippen LogP contribution >= 0.6 is 63.7 Å². The van der Waals surface area contributed by atoms with Gasteiger partial charge >= 0.3 is 5.97 Å². The molecule has 0 bridgehead atoms.